The van der Waals surface area contributed by atoms with Crippen molar-refractivity contribution in [2.45, 2.75) is 32.6 Å². The summed E-state index contributed by atoms with van der Waals surface area (Å²) in [6, 6.07) is 23.6. The summed E-state index contributed by atoms with van der Waals surface area (Å²) in [5.41, 5.74) is 4.98. The van der Waals surface area contributed by atoms with Crippen molar-refractivity contribution in [3.63, 3.8) is 0 Å². The molecule has 0 saturated carbocycles. The molecule has 0 radical (unpaired) electrons. The second-order valence-electron chi connectivity index (χ2n) is 7.78. The molecule has 0 amide bonds. The van der Waals surface area contributed by atoms with Gasteiger partial charge in [-0.1, -0.05) is 60.1 Å². The zero-order valence-electron chi connectivity index (χ0n) is 16.7. The van der Waals surface area contributed by atoms with Crippen molar-refractivity contribution in [1.29, 1.82) is 0 Å². The van der Waals surface area contributed by atoms with Gasteiger partial charge in [-0.2, -0.15) is 0 Å². The maximum absolute atomic E-state index is 13.4. The third-order valence-electron chi connectivity index (χ3n) is 5.62. The molecule has 4 heteroatoms. The Bertz CT molecular complexity index is 957. The highest BCUT2D eigenvalue weighted by molar-refractivity contribution is 6.30. The van der Waals surface area contributed by atoms with E-state index < -0.39 is 0 Å². The van der Waals surface area contributed by atoms with Gasteiger partial charge in [0.2, 0.25) is 0 Å². The van der Waals surface area contributed by atoms with Crippen LogP contribution >= 0.6 is 11.6 Å². The van der Waals surface area contributed by atoms with Crippen LogP contribution in [0.2, 0.25) is 5.02 Å². The zero-order chi connectivity index (χ0) is 20.2. The van der Waals surface area contributed by atoms with E-state index in [9.17, 15) is 4.39 Å². The fourth-order valence-electron chi connectivity index (χ4n) is 4.25. The topological polar surface area (TPSA) is 6.48 Å². The van der Waals surface area contributed by atoms with Crippen LogP contribution in [-0.4, -0.2) is 22.9 Å². The highest BCUT2D eigenvalue weighted by atomic mass is 35.5. The summed E-state index contributed by atoms with van der Waals surface area (Å²) < 4.78 is 13.4. The van der Waals surface area contributed by atoms with Crippen LogP contribution in [0.3, 0.4) is 0 Å². The number of hydrogen-bond acceptors (Lipinski definition) is 2. The molecule has 3 aromatic rings. The summed E-state index contributed by atoms with van der Waals surface area (Å²) in [5.74, 6) is -0.189. The minimum absolute atomic E-state index is 0.175. The Balaban J connectivity index is 1.66. The molecule has 0 spiro atoms. The minimum atomic E-state index is -0.189. The van der Waals surface area contributed by atoms with Gasteiger partial charge in [-0.05, 0) is 59.9 Å². The van der Waals surface area contributed by atoms with Crippen molar-refractivity contribution in [3.8, 4) is 0 Å². The number of rotatable bonds is 5. The Labute approximate surface area is 177 Å². The normalized spacial score (nSPS) is 18.1. The molecule has 0 aromatic heterocycles. The highest BCUT2D eigenvalue weighted by Gasteiger charge is 2.31. The van der Waals surface area contributed by atoms with Gasteiger partial charge in [-0.25, -0.2) is 4.39 Å². The summed E-state index contributed by atoms with van der Waals surface area (Å²) in [7, 11) is 0. The van der Waals surface area contributed by atoms with Crippen LogP contribution in [0.1, 0.15) is 34.8 Å². The van der Waals surface area contributed by atoms with E-state index in [1.54, 1.807) is 12.1 Å². The molecule has 0 bridgehead atoms. The lowest BCUT2D eigenvalue weighted by molar-refractivity contribution is -0.00946. The van der Waals surface area contributed by atoms with Gasteiger partial charge >= 0.3 is 0 Å². The second-order valence-corrected chi connectivity index (χ2v) is 8.22. The van der Waals surface area contributed by atoms with E-state index in [1.165, 1.54) is 16.7 Å². The molecular formula is C25H26ClFN2. The van der Waals surface area contributed by atoms with Crippen LogP contribution in [0.15, 0.2) is 72.8 Å². The summed E-state index contributed by atoms with van der Waals surface area (Å²) >= 11 is 6.23. The number of nitrogens with zero attached hydrogens (tertiary/aromatic N) is 2. The Kier molecular flexibility index (Phi) is 6.29. The second kappa shape index (κ2) is 9.08. The Morgan fingerprint density at radius 3 is 2.24 bits per heavy atom. The molecule has 1 heterocycles. The Morgan fingerprint density at radius 2 is 1.55 bits per heavy atom. The number of hydrogen-bond donors (Lipinski definition) is 0. The van der Waals surface area contributed by atoms with Gasteiger partial charge in [-0.3, -0.25) is 9.80 Å². The van der Waals surface area contributed by atoms with Crippen LogP contribution in [0.5, 0.6) is 0 Å². The molecule has 1 aliphatic rings. The van der Waals surface area contributed by atoms with Crippen molar-refractivity contribution >= 4 is 11.6 Å². The number of benzene rings is 3. The third-order valence-corrected chi connectivity index (χ3v) is 5.86. The fraction of sp³-hybridized carbons (Fsp3) is 0.280. The van der Waals surface area contributed by atoms with Crippen molar-refractivity contribution < 1.29 is 4.39 Å². The lowest BCUT2D eigenvalue weighted by Crippen LogP contribution is -2.47. The van der Waals surface area contributed by atoms with Gasteiger partial charge in [0.25, 0.3) is 0 Å². The van der Waals surface area contributed by atoms with Crippen molar-refractivity contribution in [3.05, 3.63) is 106 Å². The molecule has 2 nitrogen and oxygen atoms in total. The molecule has 0 N–H and O–H groups in total. The van der Waals surface area contributed by atoms with Crippen LogP contribution in [0, 0.1) is 12.7 Å². The smallest absolute Gasteiger partial charge is 0.123 e. The van der Waals surface area contributed by atoms with Crippen molar-refractivity contribution in [2.24, 2.45) is 0 Å². The van der Waals surface area contributed by atoms with E-state index in [4.69, 9.17) is 11.6 Å². The predicted octanol–water partition coefficient (Wildman–Crippen LogP) is 6.19. The molecule has 1 atom stereocenters. The molecule has 1 unspecified atom stereocenters. The molecule has 29 heavy (non-hydrogen) atoms. The predicted molar refractivity (Wildman–Crippen MR) is 117 cm³/mol. The number of aryl methyl sites for hydroxylation is 1. The van der Waals surface area contributed by atoms with Gasteiger partial charge in [0.05, 0.1) is 6.17 Å². The maximum atomic E-state index is 13.4. The van der Waals surface area contributed by atoms with Crippen LogP contribution in [-0.2, 0) is 13.1 Å². The molecular weight excluding hydrogens is 383 g/mol. The minimum Gasteiger partial charge on any atom is -0.280 e. The standard InChI is InChI=1S/C25H26ClFN2/c1-19-6-2-3-9-24(19)25-28(17-20-10-12-23(27)13-11-20)14-5-15-29(25)18-21-7-4-8-22(26)16-21/h2-4,6-13,16,25H,5,14-15,17-18H2,1H3. The SMILES string of the molecule is Cc1ccccc1C1N(Cc2ccc(F)cc2)CCCN1Cc1cccc(Cl)c1. The van der Waals surface area contributed by atoms with Gasteiger partial charge in [0, 0.05) is 31.2 Å². The first-order chi connectivity index (χ1) is 14.1. The molecule has 150 valence electrons. The molecule has 4 rings (SSSR count). The fourth-order valence-corrected chi connectivity index (χ4v) is 4.46. The Hall–Kier alpha value is -2.20. The average Bonchev–Trinajstić information content (AvgIpc) is 2.71. The van der Waals surface area contributed by atoms with Crippen molar-refractivity contribution in [2.75, 3.05) is 13.1 Å². The van der Waals surface area contributed by atoms with Crippen LogP contribution in [0.25, 0.3) is 0 Å². The maximum Gasteiger partial charge on any atom is 0.123 e. The van der Waals surface area contributed by atoms with E-state index >= 15 is 0 Å². The van der Waals surface area contributed by atoms with E-state index in [1.807, 2.05) is 24.3 Å². The van der Waals surface area contributed by atoms with E-state index in [2.05, 4.69) is 53.1 Å². The van der Waals surface area contributed by atoms with Gasteiger partial charge in [-0.15, -0.1) is 0 Å². The molecule has 1 aliphatic heterocycles. The molecule has 3 aromatic carbocycles. The largest absolute Gasteiger partial charge is 0.280 e. The van der Waals surface area contributed by atoms with E-state index in [0.29, 0.717) is 0 Å². The van der Waals surface area contributed by atoms with E-state index in [0.717, 1.165) is 43.2 Å². The van der Waals surface area contributed by atoms with Crippen LogP contribution in [0.4, 0.5) is 4.39 Å². The highest BCUT2D eigenvalue weighted by Crippen LogP contribution is 2.34. The first-order valence-corrected chi connectivity index (χ1v) is 10.5. The van der Waals surface area contributed by atoms with E-state index in [-0.39, 0.29) is 12.0 Å². The van der Waals surface area contributed by atoms with Gasteiger partial charge < -0.3 is 0 Å². The first-order valence-electron chi connectivity index (χ1n) is 10.1. The van der Waals surface area contributed by atoms with Gasteiger partial charge in [0.15, 0.2) is 0 Å². The number of halogens is 2. The average molecular weight is 409 g/mol. The van der Waals surface area contributed by atoms with Gasteiger partial charge in [0.1, 0.15) is 5.82 Å². The lowest BCUT2D eigenvalue weighted by atomic mass is 10.00. The zero-order valence-corrected chi connectivity index (χ0v) is 17.4. The molecule has 0 aliphatic carbocycles. The first kappa shape index (κ1) is 20.1. The van der Waals surface area contributed by atoms with Crippen LogP contribution < -0.4 is 0 Å². The summed E-state index contributed by atoms with van der Waals surface area (Å²) in [5, 5.41) is 0.773. The summed E-state index contributed by atoms with van der Waals surface area (Å²) in [6.45, 7) is 5.87. The third kappa shape index (κ3) is 4.87. The molecule has 1 saturated heterocycles. The molecule has 1 fully saturated rings. The summed E-state index contributed by atoms with van der Waals surface area (Å²) in [4.78, 5) is 5.03. The Morgan fingerprint density at radius 1 is 0.862 bits per heavy atom. The van der Waals surface area contributed by atoms with Crippen molar-refractivity contribution in [1.82, 2.24) is 9.80 Å². The monoisotopic (exact) mass is 408 g/mol. The lowest BCUT2D eigenvalue weighted by Gasteiger charge is -2.45. The quantitative estimate of drug-likeness (QED) is 0.496. The summed E-state index contributed by atoms with van der Waals surface area (Å²) in [6.07, 6.45) is 1.28.